The van der Waals surface area contributed by atoms with Gasteiger partial charge in [0.05, 0.1) is 0 Å². The zero-order valence-corrected chi connectivity index (χ0v) is 13.1. The maximum atomic E-state index is 5.38. The van der Waals surface area contributed by atoms with Crippen LogP contribution in [0, 0.1) is 6.92 Å². The number of nitrogen functional groups attached to an aromatic ring is 1. The molecular formula is C12H16BrN7. The van der Waals surface area contributed by atoms with E-state index in [-0.39, 0.29) is 0 Å². The zero-order valence-electron chi connectivity index (χ0n) is 11.5. The summed E-state index contributed by atoms with van der Waals surface area (Å²) in [4.78, 5) is 14.4. The highest BCUT2D eigenvalue weighted by molar-refractivity contribution is 9.10. The minimum atomic E-state index is 0.304. The van der Waals surface area contributed by atoms with Crippen molar-refractivity contribution >= 4 is 39.5 Å². The Kier molecular flexibility index (Phi) is 4.35. The van der Waals surface area contributed by atoms with Crippen molar-refractivity contribution in [3.05, 3.63) is 28.2 Å². The van der Waals surface area contributed by atoms with Gasteiger partial charge in [-0.05, 0) is 24.6 Å². The number of hydrogen-bond acceptors (Lipinski definition) is 7. The maximum absolute atomic E-state index is 5.38. The molecule has 2 rings (SSSR count). The molecule has 7 nitrogen and oxygen atoms in total. The smallest absolute Gasteiger partial charge is 0.243 e. The van der Waals surface area contributed by atoms with Gasteiger partial charge in [0, 0.05) is 24.3 Å². The summed E-state index contributed by atoms with van der Waals surface area (Å²) in [5.74, 6) is 6.63. The van der Waals surface area contributed by atoms with Gasteiger partial charge in [0.2, 0.25) is 17.8 Å². The largest absolute Gasteiger partial charge is 0.347 e. The van der Waals surface area contributed by atoms with Crippen molar-refractivity contribution in [2.24, 2.45) is 5.84 Å². The van der Waals surface area contributed by atoms with Crippen LogP contribution in [0.25, 0.3) is 0 Å². The van der Waals surface area contributed by atoms with E-state index in [0.717, 1.165) is 15.7 Å². The van der Waals surface area contributed by atoms with Gasteiger partial charge < -0.3 is 10.2 Å². The standard InChI is InChI=1S/C12H16BrN7/c1-7-8(13)5-4-6-9(7)15-10-16-11(19-14)18-12(17-10)20(2)3/h4-6H,14H2,1-3H3,(H2,15,16,17,18,19). The van der Waals surface area contributed by atoms with Crippen LogP contribution in [0.5, 0.6) is 0 Å². The van der Waals surface area contributed by atoms with Crippen molar-refractivity contribution in [1.82, 2.24) is 15.0 Å². The first-order chi connectivity index (χ1) is 9.51. The monoisotopic (exact) mass is 337 g/mol. The number of hydrazine groups is 1. The van der Waals surface area contributed by atoms with Gasteiger partial charge in [0.1, 0.15) is 0 Å². The van der Waals surface area contributed by atoms with E-state index >= 15 is 0 Å². The third-order valence-electron chi connectivity index (χ3n) is 2.67. The Hall–Kier alpha value is -1.93. The molecule has 1 aromatic heterocycles. The second-order valence-corrected chi connectivity index (χ2v) is 5.21. The minimum Gasteiger partial charge on any atom is -0.347 e. The van der Waals surface area contributed by atoms with Crippen LogP contribution >= 0.6 is 15.9 Å². The average Bonchev–Trinajstić information content (AvgIpc) is 2.43. The molecule has 0 atom stereocenters. The molecule has 1 heterocycles. The normalized spacial score (nSPS) is 10.2. The fraction of sp³-hybridized carbons (Fsp3) is 0.250. The molecule has 0 bridgehead atoms. The molecule has 106 valence electrons. The van der Waals surface area contributed by atoms with Crippen molar-refractivity contribution in [2.45, 2.75) is 6.92 Å². The van der Waals surface area contributed by atoms with Gasteiger partial charge in [-0.3, -0.25) is 5.43 Å². The summed E-state index contributed by atoms with van der Waals surface area (Å²) in [6, 6.07) is 5.87. The first-order valence-electron chi connectivity index (χ1n) is 5.93. The Morgan fingerprint density at radius 3 is 2.50 bits per heavy atom. The third kappa shape index (κ3) is 3.14. The lowest BCUT2D eigenvalue weighted by Gasteiger charge is -2.14. The van der Waals surface area contributed by atoms with Crippen molar-refractivity contribution in [3.8, 4) is 0 Å². The number of nitrogens with zero attached hydrogens (tertiary/aromatic N) is 4. The van der Waals surface area contributed by atoms with Crippen LogP contribution in [-0.4, -0.2) is 29.0 Å². The Morgan fingerprint density at radius 1 is 1.15 bits per heavy atom. The van der Waals surface area contributed by atoms with E-state index in [1.54, 1.807) is 4.90 Å². The van der Waals surface area contributed by atoms with Crippen LogP contribution in [-0.2, 0) is 0 Å². The van der Waals surface area contributed by atoms with E-state index < -0.39 is 0 Å². The first kappa shape index (κ1) is 14.5. The quantitative estimate of drug-likeness (QED) is 0.580. The number of hydrogen-bond donors (Lipinski definition) is 3. The maximum Gasteiger partial charge on any atom is 0.243 e. The van der Waals surface area contributed by atoms with Crippen LogP contribution in [0.2, 0.25) is 0 Å². The average molecular weight is 338 g/mol. The predicted octanol–water partition coefficient (Wildman–Crippen LogP) is 2.04. The van der Waals surface area contributed by atoms with E-state index in [9.17, 15) is 0 Å². The molecular weight excluding hydrogens is 322 g/mol. The summed E-state index contributed by atoms with van der Waals surface area (Å²) >= 11 is 3.49. The Labute approximate surface area is 125 Å². The fourth-order valence-corrected chi connectivity index (χ4v) is 1.91. The number of anilines is 4. The second-order valence-electron chi connectivity index (χ2n) is 4.36. The molecule has 8 heteroatoms. The molecule has 0 fully saturated rings. The predicted molar refractivity (Wildman–Crippen MR) is 84.1 cm³/mol. The van der Waals surface area contributed by atoms with Crippen molar-refractivity contribution in [3.63, 3.8) is 0 Å². The Balaban J connectivity index is 2.37. The van der Waals surface area contributed by atoms with Crippen LogP contribution in [0.1, 0.15) is 5.56 Å². The summed E-state index contributed by atoms with van der Waals surface area (Å²) in [6.07, 6.45) is 0. The molecule has 0 unspecified atom stereocenters. The number of halogens is 1. The molecule has 4 N–H and O–H groups in total. The molecule has 0 aliphatic rings. The van der Waals surface area contributed by atoms with Crippen LogP contribution < -0.4 is 21.5 Å². The zero-order chi connectivity index (χ0) is 14.7. The molecule has 1 aromatic carbocycles. The lowest BCUT2D eigenvalue weighted by molar-refractivity contribution is 0.956. The molecule has 2 aromatic rings. The van der Waals surface area contributed by atoms with Gasteiger partial charge in [0.15, 0.2) is 0 Å². The topological polar surface area (TPSA) is 92.0 Å². The molecule has 0 spiro atoms. The summed E-state index contributed by atoms with van der Waals surface area (Å²) < 4.78 is 1.02. The van der Waals surface area contributed by atoms with Crippen LogP contribution in [0.4, 0.5) is 23.5 Å². The third-order valence-corrected chi connectivity index (χ3v) is 3.53. The highest BCUT2D eigenvalue weighted by atomic mass is 79.9. The number of nitrogens with two attached hydrogens (primary N) is 1. The Bertz CT molecular complexity index is 615. The number of rotatable bonds is 4. The fourth-order valence-electron chi connectivity index (χ4n) is 1.55. The summed E-state index contributed by atoms with van der Waals surface area (Å²) in [5.41, 5.74) is 4.42. The molecule has 0 aliphatic heterocycles. The summed E-state index contributed by atoms with van der Waals surface area (Å²) in [7, 11) is 3.70. The van der Waals surface area contributed by atoms with Gasteiger partial charge in [0.25, 0.3) is 0 Å². The van der Waals surface area contributed by atoms with Crippen LogP contribution in [0.3, 0.4) is 0 Å². The summed E-state index contributed by atoms with van der Waals surface area (Å²) in [5, 5.41) is 3.17. The molecule has 0 radical (unpaired) electrons. The molecule has 0 aliphatic carbocycles. The number of nitrogens with one attached hydrogen (secondary N) is 2. The summed E-state index contributed by atoms with van der Waals surface area (Å²) in [6.45, 7) is 2.00. The molecule has 0 saturated heterocycles. The molecule has 0 amide bonds. The molecule has 20 heavy (non-hydrogen) atoms. The van der Waals surface area contributed by atoms with Gasteiger partial charge >= 0.3 is 0 Å². The lowest BCUT2D eigenvalue weighted by atomic mass is 10.2. The number of benzene rings is 1. The minimum absolute atomic E-state index is 0.304. The van der Waals surface area contributed by atoms with Gasteiger partial charge in [-0.2, -0.15) is 15.0 Å². The first-order valence-corrected chi connectivity index (χ1v) is 6.72. The van der Waals surface area contributed by atoms with E-state index in [1.807, 2.05) is 39.2 Å². The van der Waals surface area contributed by atoms with Gasteiger partial charge in [-0.25, -0.2) is 5.84 Å². The van der Waals surface area contributed by atoms with Gasteiger partial charge in [-0.15, -0.1) is 0 Å². The van der Waals surface area contributed by atoms with E-state index in [1.165, 1.54) is 0 Å². The van der Waals surface area contributed by atoms with Crippen molar-refractivity contribution < 1.29 is 0 Å². The second kappa shape index (κ2) is 6.02. The Morgan fingerprint density at radius 2 is 1.85 bits per heavy atom. The lowest BCUT2D eigenvalue weighted by Crippen LogP contribution is -2.18. The highest BCUT2D eigenvalue weighted by Gasteiger charge is 2.09. The van der Waals surface area contributed by atoms with E-state index in [4.69, 9.17) is 5.84 Å². The number of aromatic nitrogens is 3. The highest BCUT2D eigenvalue weighted by Crippen LogP contribution is 2.25. The van der Waals surface area contributed by atoms with Gasteiger partial charge in [-0.1, -0.05) is 22.0 Å². The SMILES string of the molecule is Cc1c(Br)cccc1Nc1nc(NN)nc(N(C)C)n1. The van der Waals surface area contributed by atoms with Crippen molar-refractivity contribution in [2.75, 3.05) is 29.7 Å². The van der Waals surface area contributed by atoms with E-state index in [2.05, 4.69) is 41.6 Å². The molecule has 0 saturated carbocycles. The van der Waals surface area contributed by atoms with Crippen LogP contribution in [0.15, 0.2) is 22.7 Å². The van der Waals surface area contributed by atoms with Crippen molar-refractivity contribution in [1.29, 1.82) is 0 Å². The van der Waals surface area contributed by atoms with E-state index in [0.29, 0.717) is 17.8 Å².